The van der Waals surface area contributed by atoms with Gasteiger partial charge in [0, 0.05) is 18.8 Å². The molecule has 3 rings (SSSR count). The molecule has 1 saturated heterocycles. The summed E-state index contributed by atoms with van der Waals surface area (Å²) in [6.45, 7) is 7.31. The van der Waals surface area contributed by atoms with Gasteiger partial charge in [-0.1, -0.05) is 17.7 Å². The molecule has 1 aliphatic heterocycles. The Morgan fingerprint density at radius 2 is 1.66 bits per heavy atom. The summed E-state index contributed by atoms with van der Waals surface area (Å²) in [5, 5.41) is 5.79. The highest BCUT2D eigenvalue weighted by Gasteiger charge is 2.31. The molecule has 1 fully saturated rings. The molecule has 0 saturated carbocycles. The SMILES string of the molecule is Cc1cc(C)c(NC(=O)CNc2cc(C(F)(F)F)ccc2N2CCCC2)c(C)c1. The molecule has 0 radical (unpaired) electrons. The van der Waals surface area contributed by atoms with Crippen LogP contribution >= 0.6 is 0 Å². The molecule has 0 aliphatic carbocycles. The fraction of sp³-hybridized carbons (Fsp3) is 0.409. The number of carbonyl (C=O) groups is 1. The van der Waals surface area contributed by atoms with Gasteiger partial charge in [-0.2, -0.15) is 13.2 Å². The smallest absolute Gasteiger partial charge is 0.374 e. The number of anilines is 3. The van der Waals surface area contributed by atoms with Gasteiger partial charge in [-0.05, 0) is 62.9 Å². The van der Waals surface area contributed by atoms with E-state index in [2.05, 4.69) is 15.5 Å². The molecule has 0 unspecified atom stereocenters. The lowest BCUT2D eigenvalue weighted by Gasteiger charge is -2.23. The number of amides is 1. The first kappa shape index (κ1) is 21.0. The average Bonchev–Trinajstić information content (AvgIpc) is 3.16. The fourth-order valence-electron chi connectivity index (χ4n) is 3.82. The molecule has 1 heterocycles. The number of benzene rings is 2. The van der Waals surface area contributed by atoms with Crippen LogP contribution in [0.2, 0.25) is 0 Å². The van der Waals surface area contributed by atoms with Crippen LogP contribution in [-0.4, -0.2) is 25.5 Å². The molecule has 156 valence electrons. The summed E-state index contributed by atoms with van der Waals surface area (Å²) in [6.07, 6.45) is -2.42. The van der Waals surface area contributed by atoms with Gasteiger partial charge < -0.3 is 15.5 Å². The van der Waals surface area contributed by atoms with Crippen LogP contribution in [0.4, 0.5) is 30.2 Å². The minimum atomic E-state index is -4.43. The molecule has 29 heavy (non-hydrogen) atoms. The molecule has 0 atom stereocenters. The molecule has 7 heteroatoms. The first-order valence-corrected chi connectivity index (χ1v) is 9.73. The van der Waals surface area contributed by atoms with Crippen molar-refractivity contribution in [3.05, 3.63) is 52.6 Å². The van der Waals surface area contributed by atoms with E-state index in [4.69, 9.17) is 0 Å². The fourth-order valence-corrected chi connectivity index (χ4v) is 3.82. The number of alkyl halides is 3. The predicted octanol–water partition coefficient (Wildman–Crippen LogP) is 5.28. The molecule has 1 aliphatic rings. The van der Waals surface area contributed by atoms with E-state index in [-0.39, 0.29) is 12.5 Å². The van der Waals surface area contributed by atoms with Crippen molar-refractivity contribution in [3.8, 4) is 0 Å². The molecule has 1 amide bonds. The highest BCUT2D eigenvalue weighted by atomic mass is 19.4. The summed E-state index contributed by atoms with van der Waals surface area (Å²) in [7, 11) is 0. The Morgan fingerprint density at radius 1 is 1.03 bits per heavy atom. The molecule has 2 aromatic rings. The van der Waals surface area contributed by atoms with Gasteiger partial charge in [0.1, 0.15) is 0 Å². The van der Waals surface area contributed by atoms with E-state index in [1.807, 2.05) is 32.9 Å². The minimum absolute atomic E-state index is 0.116. The Morgan fingerprint density at radius 3 is 2.24 bits per heavy atom. The van der Waals surface area contributed by atoms with E-state index in [9.17, 15) is 18.0 Å². The van der Waals surface area contributed by atoms with Gasteiger partial charge in [0.15, 0.2) is 0 Å². The molecular weight excluding hydrogens is 379 g/mol. The van der Waals surface area contributed by atoms with Crippen LogP contribution in [0.1, 0.15) is 35.1 Å². The molecule has 2 N–H and O–H groups in total. The number of nitrogens with zero attached hydrogens (tertiary/aromatic N) is 1. The largest absolute Gasteiger partial charge is 0.416 e. The third kappa shape index (κ3) is 5.02. The van der Waals surface area contributed by atoms with Gasteiger partial charge in [-0.3, -0.25) is 4.79 Å². The summed E-state index contributed by atoms with van der Waals surface area (Å²) in [6, 6.07) is 7.63. The lowest BCUT2D eigenvalue weighted by molar-refractivity contribution is -0.137. The van der Waals surface area contributed by atoms with E-state index in [1.54, 1.807) is 0 Å². The van der Waals surface area contributed by atoms with Crippen molar-refractivity contribution in [3.63, 3.8) is 0 Å². The van der Waals surface area contributed by atoms with Crippen LogP contribution in [0.15, 0.2) is 30.3 Å². The second kappa shape index (κ2) is 8.35. The van der Waals surface area contributed by atoms with Crippen molar-refractivity contribution in [1.29, 1.82) is 0 Å². The quantitative estimate of drug-likeness (QED) is 0.711. The predicted molar refractivity (Wildman–Crippen MR) is 111 cm³/mol. The van der Waals surface area contributed by atoms with Crippen molar-refractivity contribution in [1.82, 2.24) is 0 Å². The maximum Gasteiger partial charge on any atom is 0.416 e. The number of hydrogen-bond donors (Lipinski definition) is 2. The van der Waals surface area contributed by atoms with Gasteiger partial charge in [-0.15, -0.1) is 0 Å². The first-order chi connectivity index (χ1) is 13.6. The number of nitrogens with one attached hydrogen (secondary N) is 2. The number of rotatable bonds is 5. The van der Waals surface area contributed by atoms with E-state index in [1.165, 1.54) is 6.07 Å². The first-order valence-electron chi connectivity index (χ1n) is 9.73. The number of aryl methyl sites for hydroxylation is 3. The lowest BCUT2D eigenvalue weighted by atomic mass is 10.1. The van der Waals surface area contributed by atoms with E-state index in [0.29, 0.717) is 11.4 Å². The molecule has 0 spiro atoms. The summed E-state index contributed by atoms with van der Waals surface area (Å²) in [5.74, 6) is -0.301. The Kier molecular flexibility index (Phi) is 6.05. The topological polar surface area (TPSA) is 44.4 Å². The second-order valence-corrected chi connectivity index (χ2v) is 7.60. The zero-order chi connectivity index (χ0) is 21.2. The van der Waals surface area contributed by atoms with Crippen LogP contribution in [-0.2, 0) is 11.0 Å². The maximum atomic E-state index is 13.2. The van der Waals surface area contributed by atoms with Crippen molar-refractivity contribution in [2.45, 2.75) is 39.8 Å². The van der Waals surface area contributed by atoms with Crippen LogP contribution in [0.25, 0.3) is 0 Å². The van der Waals surface area contributed by atoms with Crippen molar-refractivity contribution in [2.24, 2.45) is 0 Å². The third-order valence-corrected chi connectivity index (χ3v) is 5.15. The number of carbonyl (C=O) groups excluding carboxylic acids is 1. The second-order valence-electron chi connectivity index (χ2n) is 7.60. The average molecular weight is 405 g/mol. The highest BCUT2D eigenvalue weighted by Crippen LogP contribution is 2.36. The maximum absolute atomic E-state index is 13.2. The summed E-state index contributed by atoms with van der Waals surface area (Å²) in [5.41, 5.74) is 4.05. The van der Waals surface area contributed by atoms with Gasteiger partial charge in [0.05, 0.1) is 23.5 Å². The van der Waals surface area contributed by atoms with Crippen molar-refractivity contribution >= 4 is 23.0 Å². The zero-order valence-electron chi connectivity index (χ0n) is 16.9. The molecular formula is C22H26F3N3O. The van der Waals surface area contributed by atoms with Crippen LogP contribution < -0.4 is 15.5 Å². The van der Waals surface area contributed by atoms with E-state index < -0.39 is 11.7 Å². The zero-order valence-corrected chi connectivity index (χ0v) is 16.9. The van der Waals surface area contributed by atoms with Gasteiger partial charge >= 0.3 is 6.18 Å². The molecule has 4 nitrogen and oxygen atoms in total. The monoisotopic (exact) mass is 405 g/mol. The molecule has 0 bridgehead atoms. The molecule has 2 aromatic carbocycles. The van der Waals surface area contributed by atoms with Gasteiger partial charge in [0.25, 0.3) is 0 Å². The Hall–Kier alpha value is -2.70. The highest BCUT2D eigenvalue weighted by molar-refractivity contribution is 5.95. The Labute approximate surface area is 169 Å². The van der Waals surface area contributed by atoms with Gasteiger partial charge in [-0.25, -0.2) is 0 Å². The van der Waals surface area contributed by atoms with E-state index in [0.717, 1.165) is 60.4 Å². The Balaban J connectivity index is 1.77. The third-order valence-electron chi connectivity index (χ3n) is 5.15. The molecule has 0 aromatic heterocycles. The van der Waals surface area contributed by atoms with Crippen LogP contribution in [0.5, 0.6) is 0 Å². The summed E-state index contributed by atoms with van der Waals surface area (Å²) >= 11 is 0. The van der Waals surface area contributed by atoms with Crippen LogP contribution in [0.3, 0.4) is 0 Å². The van der Waals surface area contributed by atoms with Crippen LogP contribution in [0, 0.1) is 20.8 Å². The van der Waals surface area contributed by atoms with Gasteiger partial charge in [0.2, 0.25) is 5.91 Å². The Bertz CT molecular complexity index is 880. The summed E-state index contributed by atoms with van der Waals surface area (Å²) in [4.78, 5) is 14.5. The normalized spacial score (nSPS) is 14.2. The number of hydrogen-bond acceptors (Lipinski definition) is 3. The minimum Gasteiger partial charge on any atom is -0.374 e. The summed E-state index contributed by atoms with van der Waals surface area (Å²) < 4.78 is 39.5. The standard InChI is InChI=1S/C22H26F3N3O/c1-14-10-15(2)21(16(3)11-14)27-20(29)13-26-18-12-17(22(23,24)25)6-7-19(18)28-8-4-5-9-28/h6-7,10-12,26H,4-5,8-9,13H2,1-3H3,(H,27,29). The lowest BCUT2D eigenvalue weighted by Crippen LogP contribution is -2.25. The number of halogens is 3. The van der Waals surface area contributed by atoms with Crippen molar-refractivity contribution < 1.29 is 18.0 Å². The van der Waals surface area contributed by atoms with E-state index >= 15 is 0 Å². The van der Waals surface area contributed by atoms with Crippen molar-refractivity contribution in [2.75, 3.05) is 35.2 Å².